The van der Waals surface area contributed by atoms with Crippen LogP contribution in [0.25, 0.3) is 11.4 Å². The number of nitrogens with two attached hydrogens (primary N) is 1. The zero-order valence-electron chi connectivity index (χ0n) is 14.7. The molecule has 3 aromatic rings. The molecule has 0 aliphatic carbocycles. The van der Waals surface area contributed by atoms with E-state index in [1.165, 1.54) is 18.0 Å². The van der Waals surface area contributed by atoms with E-state index in [4.69, 9.17) is 21.5 Å². The van der Waals surface area contributed by atoms with E-state index in [2.05, 4.69) is 20.3 Å². The maximum Gasteiger partial charge on any atom is 0.230 e. The number of anilines is 2. The summed E-state index contributed by atoms with van der Waals surface area (Å²) in [4.78, 5) is 12.8. The number of nitrogens with zero attached hydrogens (tertiary/aromatic N) is 3. The van der Waals surface area contributed by atoms with Crippen LogP contribution in [0.15, 0.2) is 48.8 Å². The van der Waals surface area contributed by atoms with E-state index >= 15 is 0 Å². The van der Waals surface area contributed by atoms with Gasteiger partial charge in [-0.05, 0) is 35.9 Å². The molecule has 0 spiro atoms. The summed E-state index contributed by atoms with van der Waals surface area (Å²) in [6.07, 6.45) is 2.89. The quantitative estimate of drug-likeness (QED) is 0.635. The Morgan fingerprint density at radius 2 is 2.04 bits per heavy atom. The van der Waals surface area contributed by atoms with Crippen LogP contribution >= 0.6 is 11.6 Å². The summed E-state index contributed by atoms with van der Waals surface area (Å²) in [5.41, 5.74) is 2.17. The lowest BCUT2D eigenvalue weighted by molar-refractivity contribution is 0.416. The molecule has 9 heteroatoms. The maximum absolute atomic E-state index is 11.8. The Kier molecular flexibility index (Phi) is 5.59. The fraction of sp³-hybridized carbons (Fsp3) is 0.111. The summed E-state index contributed by atoms with van der Waals surface area (Å²) in [7, 11) is -0.933. The van der Waals surface area contributed by atoms with Gasteiger partial charge in [0.1, 0.15) is 12.1 Å². The van der Waals surface area contributed by atoms with Gasteiger partial charge in [0, 0.05) is 32.0 Å². The van der Waals surface area contributed by atoms with Crippen LogP contribution < -0.4 is 15.2 Å². The predicted molar refractivity (Wildman–Crippen MR) is 110 cm³/mol. The van der Waals surface area contributed by atoms with Crippen LogP contribution in [0, 0.1) is 0 Å². The normalized spacial score (nSPS) is 12.9. The zero-order valence-corrected chi connectivity index (χ0v) is 16.3. The summed E-state index contributed by atoms with van der Waals surface area (Å²) < 4.78 is 17.1. The van der Waals surface area contributed by atoms with Crippen molar-refractivity contribution in [2.75, 3.05) is 18.7 Å². The van der Waals surface area contributed by atoms with Crippen molar-refractivity contribution in [1.29, 1.82) is 0 Å². The average Bonchev–Trinajstić information content (AvgIpc) is 2.60. The molecule has 1 atom stereocenters. The standard InChI is InChI=1S/C18H18ClN5O2S/c1-26-16-9-13(19)6-7-15(16)17-21-11-22-18(24-17)23-14-5-3-4-12(8-14)10-27(2,20)25/h3-11H,1-2H3,(H2,20,25)(H,21,22,23,24). The number of methoxy groups -OCH3 is 1. The highest BCUT2D eigenvalue weighted by molar-refractivity contribution is 7.98. The highest BCUT2D eigenvalue weighted by Gasteiger charge is 2.11. The van der Waals surface area contributed by atoms with Gasteiger partial charge in [-0.15, -0.1) is 0 Å². The molecule has 0 fully saturated rings. The number of halogens is 1. The minimum Gasteiger partial charge on any atom is -0.496 e. The van der Waals surface area contributed by atoms with Crippen LogP contribution in [-0.2, 0) is 9.71 Å². The summed E-state index contributed by atoms with van der Waals surface area (Å²) in [5, 5.41) is 10.8. The van der Waals surface area contributed by atoms with Gasteiger partial charge in [-0.3, -0.25) is 9.35 Å². The summed E-state index contributed by atoms with van der Waals surface area (Å²) >= 11 is 6.00. The van der Waals surface area contributed by atoms with Gasteiger partial charge in [0.15, 0.2) is 5.82 Å². The Labute approximate surface area is 162 Å². The van der Waals surface area contributed by atoms with Gasteiger partial charge in [0.05, 0.1) is 12.7 Å². The molecule has 3 N–H and O–H groups in total. The second-order valence-corrected chi connectivity index (χ2v) is 8.42. The smallest absolute Gasteiger partial charge is 0.230 e. The van der Waals surface area contributed by atoms with Crippen LogP contribution in [-0.4, -0.2) is 37.9 Å². The van der Waals surface area contributed by atoms with Gasteiger partial charge in [0.25, 0.3) is 0 Å². The number of ether oxygens (including phenoxy) is 1. The number of rotatable bonds is 5. The first-order chi connectivity index (χ1) is 12.8. The molecule has 0 bridgehead atoms. The molecule has 140 valence electrons. The van der Waals surface area contributed by atoms with Gasteiger partial charge in [-0.25, -0.2) is 9.97 Å². The molecule has 0 saturated carbocycles. The van der Waals surface area contributed by atoms with Crippen molar-refractivity contribution in [2.24, 2.45) is 5.14 Å². The van der Waals surface area contributed by atoms with Crippen LogP contribution in [0.3, 0.4) is 0 Å². The van der Waals surface area contributed by atoms with E-state index in [1.54, 1.807) is 25.3 Å². The Balaban J connectivity index is 1.92. The maximum atomic E-state index is 11.8. The fourth-order valence-electron chi connectivity index (χ4n) is 2.43. The number of aromatic nitrogens is 3. The topological polar surface area (TPSA) is 103 Å². The number of benzene rings is 2. The average molecular weight is 404 g/mol. The SMILES string of the molecule is COc1cc(Cl)ccc1-c1ncnc(Nc2cccc(C=S(C)(N)=O)c2)n1. The van der Waals surface area contributed by atoms with Crippen LogP contribution in [0.5, 0.6) is 5.75 Å². The van der Waals surface area contributed by atoms with E-state index in [9.17, 15) is 4.21 Å². The van der Waals surface area contributed by atoms with Crippen molar-refractivity contribution in [3.63, 3.8) is 0 Å². The molecule has 0 aliphatic heterocycles. The molecule has 0 radical (unpaired) electrons. The van der Waals surface area contributed by atoms with Crippen molar-refractivity contribution in [2.45, 2.75) is 0 Å². The first-order valence-electron chi connectivity index (χ1n) is 7.86. The Morgan fingerprint density at radius 1 is 1.22 bits per heavy atom. The molecular formula is C18H18ClN5O2S. The van der Waals surface area contributed by atoms with Gasteiger partial charge in [-0.1, -0.05) is 23.7 Å². The zero-order chi connectivity index (χ0) is 19.4. The van der Waals surface area contributed by atoms with Crippen molar-refractivity contribution in [1.82, 2.24) is 15.0 Å². The van der Waals surface area contributed by atoms with E-state index in [1.807, 2.05) is 24.3 Å². The third-order valence-electron chi connectivity index (χ3n) is 3.49. The highest BCUT2D eigenvalue weighted by atomic mass is 35.5. The minimum absolute atomic E-state index is 0.360. The van der Waals surface area contributed by atoms with Crippen LogP contribution in [0.4, 0.5) is 11.6 Å². The van der Waals surface area contributed by atoms with E-state index in [0.29, 0.717) is 28.1 Å². The van der Waals surface area contributed by atoms with Crippen LogP contribution in [0.1, 0.15) is 5.56 Å². The molecule has 0 aliphatic rings. The first kappa shape index (κ1) is 19.1. The molecule has 3 rings (SSSR count). The molecule has 7 nitrogen and oxygen atoms in total. The van der Waals surface area contributed by atoms with E-state index < -0.39 is 9.71 Å². The second kappa shape index (κ2) is 7.91. The number of nitrogens with one attached hydrogen (secondary N) is 1. The minimum atomic E-state index is -2.49. The summed E-state index contributed by atoms with van der Waals surface area (Å²) in [6.45, 7) is 0. The third-order valence-corrected chi connectivity index (χ3v) is 4.46. The lowest BCUT2D eigenvalue weighted by atomic mass is 10.2. The van der Waals surface area contributed by atoms with Gasteiger partial charge < -0.3 is 10.1 Å². The van der Waals surface area contributed by atoms with E-state index in [0.717, 1.165) is 11.3 Å². The monoisotopic (exact) mass is 403 g/mol. The molecular weight excluding hydrogens is 386 g/mol. The van der Waals surface area contributed by atoms with Gasteiger partial charge >= 0.3 is 0 Å². The lowest BCUT2D eigenvalue weighted by Crippen LogP contribution is -2.13. The van der Waals surface area contributed by atoms with Crippen molar-refractivity contribution in [3.8, 4) is 17.1 Å². The van der Waals surface area contributed by atoms with Crippen molar-refractivity contribution < 1.29 is 8.95 Å². The van der Waals surface area contributed by atoms with E-state index in [-0.39, 0.29) is 0 Å². The molecule has 1 unspecified atom stereocenters. The highest BCUT2D eigenvalue weighted by Crippen LogP contribution is 2.30. The second-order valence-electron chi connectivity index (χ2n) is 5.81. The third kappa shape index (κ3) is 5.16. The lowest BCUT2D eigenvalue weighted by Gasteiger charge is -2.09. The fourth-order valence-corrected chi connectivity index (χ4v) is 3.27. The number of hydrogen-bond donors (Lipinski definition) is 2. The van der Waals surface area contributed by atoms with Gasteiger partial charge in [-0.2, -0.15) is 4.98 Å². The van der Waals surface area contributed by atoms with Crippen molar-refractivity contribution in [3.05, 3.63) is 59.4 Å². The molecule has 1 aromatic heterocycles. The molecule has 2 aromatic carbocycles. The van der Waals surface area contributed by atoms with Crippen molar-refractivity contribution >= 4 is 38.3 Å². The Morgan fingerprint density at radius 3 is 2.78 bits per heavy atom. The largest absolute Gasteiger partial charge is 0.496 e. The van der Waals surface area contributed by atoms with Crippen LogP contribution in [0.2, 0.25) is 5.02 Å². The molecule has 0 saturated heterocycles. The number of hydrogen-bond acceptors (Lipinski definition) is 6. The summed E-state index contributed by atoms with van der Waals surface area (Å²) in [6, 6.07) is 12.5. The Hall–Kier alpha value is -2.68. The summed E-state index contributed by atoms with van der Waals surface area (Å²) in [5.74, 6) is 1.37. The van der Waals surface area contributed by atoms with Gasteiger partial charge in [0.2, 0.25) is 5.95 Å². The molecule has 27 heavy (non-hydrogen) atoms. The Bertz CT molecular complexity index is 1090. The molecule has 0 amide bonds. The molecule has 1 heterocycles. The first-order valence-corrected chi connectivity index (χ1v) is 10.3. The predicted octanol–water partition coefficient (Wildman–Crippen LogP) is 2.88.